The summed E-state index contributed by atoms with van der Waals surface area (Å²) in [4.78, 5) is 25.2. The van der Waals surface area contributed by atoms with Gasteiger partial charge in [-0.3, -0.25) is 9.59 Å². The Kier molecular flexibility index (Phi) is 5.30. The van der Waals surface area contributed by atoms with Crippen LogP contribution in [0.5, 0.6) is 0 Å². The molecule has 2 aromatic carbocycles. The fraction of sp³-hybridized carbons (Fsp3) is 0.176. The zero-order valence-electron chi connectivity index (χ0n) is 13.0. The average molecular weight is 315 g/mol. The molecule has 120 valence electrons. The lowest BCUT2D eigenvalue weighted by molar-refractivity contribution is -0.114. The van der Waals surface area contributed by atoms with Gasteiger partial charge in [0.15, 0.2) is 0 Å². The SMILES string of the molecule is CN(C)C(=O)c1cccc(NCC(=O)Nc2ccccc2F)c1. The van der Waals surface area contributed by atoms with Crippen LogP contribution in [0.15, 0.2) is 48.5 Å². The van der Waals surface area contributed by atoms with E-state index >= 15 is 0 Å². The highest BCUT2D eigenvalue weighted by Gasteiger charge is 2.09. The summed E-state index contributed by atoms with van der Waals surface area (Å²) < 4.78 is 13.5. The largest absolute Gasteiger partial charge is 0.376 e. The predicted octanol–water partition coefficient (Wildman–Crippen LogP) is 2.58. The van der Waals surface area contributed by atoms with Crippen molar-refractivity contribution in [3.63, 3.8) is 0 Å². The third-order valence-electron chi connectivity index (χ3n) is 3.12. The molecule has 0 aliphatic carbocycles. The van der Waals surface area contributed by atoms with Crippen LogP contribution < -0.4 is 10.6 Å². The summed E-state index contributed by atoms with van der Waals surface area (Å²) >= 11 is 0. The van der Waals surface area contributed by atoms with Gasteiger partial charge in [0.25, 0.3) is 5.91 Å². The first-order chi connectivity index (χ1) is 11.0. The second-order valence-corrected chi connectivity index (χ2v) is 5.16. The van der Waals surface area contributed by atoms with E-state index in [9.17, 15) is 14.0 Å². The minimum atomic E-state index is -0.487. The molecule has 5 nitrogen and oxygen atoms in total. The quantitative estimate of drug-likeness (QED) is 0.891. The summed E-state index contributed by atoms with van der Waals surface area (Å²) in [6, 6.07) is 12.8. The lowest BCUT2D eigenvalue weighted by atomic mass is 10.2. The second kappa shape index (κ2) is 7.40. The zero-order chi connectivity index (χ0) is 16.8. The molecule has 0 aliphatic rings. The molecule has 0 spiro atoms. The van der Waals surface area contributed by atoms with E-state index in [0.29, 0.717) is 11.3 Å². The van der Waals surface area contributed by atoms with Gasteiger partial charge >= 0.3 is 0 Å². The maximum absolute atomic E-state index is 13.5. The number of para-hydroxylation sites is 1. The number of anilines is 2. The smallest absolute Gasteiger partial charge is 0.253 e. The number of hydrogen-bond donors (Lipinski definition) is 2. The van der Waals surface area contributed by atoms with E-state index in [1.165, 1.54) is 17.0 Å². The number of carbonyl (C=O) groups is 2. The van der Waals surface area contributed by atoms with Crippen molar-refractivity contribution in [2.45, 2.75) is 0 Å². The van der Waals surface area contributed by atoms with Crippen LogP contribution in [-0.2, 0) is 4.79 Å². The first-order valence-corrected chi connectivity index (χ1v) is 7.07. The molecule has 6 heteroatoms. The van der Waals surface area contributed by atoms with Gasteiger partial charge in [0, 0.05) is 25.3 Å². The second-order valence-electron chi connectivity index (χ2n) is 5.16. The molecule has 0 fully saturated rings. The lowest BCUT2D eigenvalue weighted by Gasteiger charge is -2.12. The normalized spacial score (nSPS) is 10.0. The Morgan fingerprint density at radius 1 is 1.09 bits per heavy atom. The summed E-state index contributed by atoms with van der Waals surface area (Å²) in [5, 5.41) is 5.40. The predicted molar refractivity (Wildman–Crippen MR) is 88.0 cm³/mol. The van der Waals surface area contributed by atoms with E-state index in [1.807, 2.05) is 0 Å². The van der Waals surface area contributed by atoms with Crippen LogP contribution in [0.25, 0.3) is 0 Å². The molecule has 23 heavy (non-hydrogen) atoms. The van der Waals surface area contributed by atoms with Gasteiger partial charge in [0.2, 0.25) is 5.91 Å². The number of benzene rings is 2. The Labute approximate surface area is 134 Å². The molecule has 0 aromatic heterocycles. The first kappa shape index (κ1) is 16.5. The van der Waals surface area contributed by atoms with Crippen LogP contribution in [0, 0.1) is 5.82 Å². The van der Waals surface area contributed by atoms with Crippen molar-refractivity contribution < 1.29 is 14.0 Å². The average Bonchev–Trinajstić information content (AvgIpc) is 2.54. The minimum Gasteiger partial charge on any atom is -0.376 e. The molecule has 0 heterocycles. The van der Waals surface area contributed by atoms with Gasteiger partial charge in [-0.2, -0.15) is 0 Å². The molecule has 0 atom stereocenters. The van der Waals surface area contributed by atoms with E-state index in [2.05, 4.69) is 10.6 Å². The summed E-state index contributed by atoms with van der Waals surface area (Å²) in [5.41, 5.74) is 1.30. The molecule has 2 N–H and O–H groups in total. The molecule has 0 unspecified atom stereocenters. The van der Waals surface area contributed by atoms with Crippen LogP contribution in [0.1, 0.15) is 10.4 Å². The Hall–Kier alpha value is -2.89. The maximum atomic E-state index is 13.5. The number of rotatable bonds is 5. The van der Waals surface area contributed by atoms with Crippen LogP contribution in [-0.4, -0.2) is 37.4 Å². The van der Waals surface area contributed by atoms with Gasteiger partial charge in [-0.15, -0.1) is 0 Å². The third-order valence-corrected chi connectivity index (χ3v) is 3.12. The summed E-state index contributed by atoms with van der Waals surface area (Å²) in [6.45, 7) is -0.0338. The molecule has 0 saturated heterocycles. The third kappa shape index (κ3) is 4.54. The Morgan fingerprint density at radius 2 is 1.83 bits per heavy atom. The lowest BCUT2D eigenvalue weighted by Crippen LogP contribution is -2.23. The number of hydrogen-bond acceptors (Lipinski definition) is 3. The fourth-order valence-electron chi connectivity index (χ4n) is 1.96. The summed E-state index contributed by atoms with van der Waals surface area (Å²) in [7, 11) is 3.34. The van der Waals surface area contributed by atoms with Crippen molar-refractivity contribution in [3.05, 3.63) is 59.9 Å². The molecule has 0 bridgehead atoms. The van der Waals surface area contributed by atoms with Crippen LogP contribution in [0.2, 0.25) is 0 Å². The van der Waals surface area contributed by atoms with Crippen LogP contribution >= 0.6 is 0 Å². The number of amides is 2. The Bertz CT molecular complexity index is 716. The maximum Gasteiger partial charge on any atom is 0.253 e. The Balaban J connectivity index is 1.96. The van der Waals surface area contributed by atoms with Crippen molar-refractivity contribution >= 4 is 23.2 Å². The van der Waals surface area contributed by atoms with Gasteiger partial charge in [-0.1, -0.05) is 18.2 Å². The number of carbonyl (C=O) groups excluding carboxylic acids is 2. The highest BCUT2D eigenvalue weighted by Crippen LogP contribution is 2.13. The monoisotopic (exact) mass is 315 g/mol. The minimum absolute atomic E-state index is 0.0338. The van der Waals surface area contributed by atoms with Gasteiger partial charge in [0.1, 0.15) is 5.82 Å². The standard InChI is InChI=1S/C17H18FN3O2/c1-21(2)17(23)12-6-5-7-13(10-12)19-11-16(22)20-15-9-4-3-8-14(15)18/h3-10,19H,11H2,1-2H3,(H,20,22). The van der Waals surface area contributed by atoms with E-state index in [-0.39, 0.29) is 24.0 Å². The van der Waals surface area contributed by atoms with E-state index < -0.39 is 5.82 Å². The van der Waals surface area contributed by atoms with Gasteiger partial charge in [0.05, 0.1) is 12.2 Å². The van der Waals surface area contributed by atoms with Crippen molar-refractivity contribution in [3.8, 4) is 0 Å². The molecule has 2 amide bonds. The highest BCUT2D eigenvalue weighted by molar-refractivity contribution is 5.96. The molecule has 0 aliphatic heterocycles. The summed E-state index contributed by atoms with van der Waals surface area (Å²) in [5.74, 6) is -0.983. The topological polar surface area (TPSA) is 61.4 Å². The molecular formula is C17H18FN3O2. The fourth-order valence-corrected chi connectivity index (χ4v) is 1.96. The van der Waals surface area contributed by atoms with Crippen molar-refractivity contribution in [1.82, 2.24) is 4.90 Å². The number of halogens is 1. The first-order valence-electron chi connectivity index (χ1n) is 7.07. The highest BCUT2D eigenvalue weighted by atomic mass is 19.1. The van der Waals surface area contributed by atoms with Crippen molar-refractivity contribution in [2.24, 2.45) is 0 Å². The zero-order valence-corrected chi connectivity index (χ0v) is 13.0. The number of nitrogens with one attached hydrogen (secondary N) is 2. The van der Waals surface area contributed by atoms with Gasteiger partial charge in [-0.25, -0.2) is 4.39 Å². The van der Waals surface area contributed by atoms with Crippen molar-refractivity contribution in [1.29, 1.82) is 0 Å². The Morgan fingerprint density at radius 3 is 2.52 bits per heavy atom. The number of nitrogens with zero attached hydrogens (tertiary/aromatic N) is 1. The molecular weight excluding hydrogens is 297 g/mol. The van der Waals surface area contributed by atoms with E-state index in [1.54, 1.807) is 50.5 Å². The molecule has 0 saturated carbocycles. The van der Waals surface area contributed by atoms with Gasteiger partial charge < -0.3 is 15.5 Å². The molecule has 2 rings (SSSR count). The van der Waals surface area contributed by atoms with E-state index in [0.717, 1.165) is 0 Å². The molecule has 0 radical (unpaired) electrons. The van der Waals surface area contributed by atoms with Crippen LogP contribution in [0.4, 0.5) is 15.8 Å². The van der Waals surface area contributed by atoms with E-state index in [4.69, 9.17) is 0 Å². The summed E-state index contributed by atoms with van der Waals surface area (Å²) in [6.07, 6.45) is 0. The van der Waals surface area contributed by atoms with Crippen LogP contribution in [0.3, 0.4) is 0 Å². The van der Waals surface area contributed by atoms with Crippen molar-refractivity contribution in [2.75, 3.05) is 31.3 Å². The molecule has 2 aromatic rings. The van der Waals surface area contributed by atoms with Gasteiger partial charge in [-0.05, 0) is 30.3 Å².